The van der Waals surface area contributed by atoms with Gasteiger partial charge < -0.3 is 15.5 Å². The highest BCUT2D eigenvalue weighted by Crippen LogP contribution is 2.17. The fourth-order valence-corrected chi connectivity index (χ4v) is 3.03. The molecular weight excluding hydrogens is 316 g/mol. The van der Waals surface area contributed by atoms with Crippen LogP contribution in [0.2, 0.25) is 0 Å². The number of carbonyl (C=O) groups excluding carboxylic acids is 1. The number of carbonyl (C=O) groups is 1. The van der Waals surface area contributed by atoms with Gasteiger partial charge in [-0.15, -0.1) is 0 Å². The molecule has 0 spiro atoms. The number of unbranched alkanes of at least 4 members (excludes halogenated alkanes) is 1. The highest BCUT2D eigenvalue weighted by atomic mass is 16.2. The van der Waals surface area contributed by atoms with E-state index in [1.54, 1.807) is 6.33 Å². The Kier molecular flexibility index (Phi) is 5.53. The van der Waals surface area contributed by atoms with Crippen molar-refractivity contribution in [1.82, 2.24) is 20.1 Å². The first kappa shape index (κ1) is 17.3. The maximum absolute atomic E-state index is 12.2. The van der Waals surface area contributed by atoms with Crippen LogP contribution in [0.25, 0.3) is 0 Å². The van der Waals surface area contributed by atoms with Gasteiger partial charge in [0.05, 0.1) is 12.6 Å². The second-order valence-corrected chi connectivity index (χ2v) is 6.51. The molecule has 2 heterocycles. The highest BCUT2D eigenvalue weighted by molar-refractivity contribution is 5.89. The molecule has 134 valence electrons. The lowest BCUT2D eigenvalue weighted by Crippen LogP contribution is -2.43. The van der Waals surface area contributed by atoms with Crippen LogP contribution in [0.4, 0.5) is 16.2 Å². The van der Waals surface area contributed by atoms with Gasteiger partial charge in [-0.2, -0.15) is 5.10 Å². The van der Waals surface area contributed by atoms with E-state index in [9.17, 15) is 4.79 Å². The number of nitrogens with one attached hydrogen (secondary N) is 2. The van der Waals surface area contributed by atoms with Crippen molar-refractivity contribution in [3.63, 3.8) is 0 Å². The number of benzene rings is 1. The number of aryl methyl sites for hydroxylation is 1. The molecule has 7 nitrogen and oxygen atoms in total. The van der Waals surface area contributed by atoms with Crippen molar-refractivity contribution in [3.8, 4) is 0 Å². The molecule has 2 amide bonds. The number of anilines is 2. The lowest BCUT2D eigenvalue weighted by atomic mass is 10.1. The first-order valence-corrected chi connectivity index (χ1v) is 8.91. The van der Waals surface area contributed by atoms with E-state index in [2.05, 4.69) is 39.6 Å². The normalized spacial score (nSPS) is 16.2. The molecule has 0 radical (unpaired) electrons. The van der Waals surface area contributed by atoms with Gasteiger partial charge in [0.25, 0.3) is 0 Å². The predicted octanol–water partition coefficient (Wildman–Crippen LogP) is 2.65. The summed E-state index contributed by atoms with van der Waals surface area (Å²) in [6, 6.07) is 7.84. The summed E-state index contributed by atoms with van der Waals surface area (Å²) in [6.45, 7) is 3.90. The molecule has 1 aliphatic heterocycles. The van der Waals surface area contributed by atoms with Gasteiger partial charge in [0.2, 0.25) is 0 Å². The average Bonchev–Trinajstić information content (AvgIpc) is 3.08. The molecule has 0 saturated carbocycles. The fraction of sp³-hybridized carbons (Fsp3) is 0.500. The van der Waals surface area contributed by atoms with Gasteiger partial charge in [-0.25, -0.2) is 14.5 Å². The summed E-state index contributed by atoms with van der Waals surface area (Å²) in [5.74, 6) is 0.987. The van der Waals surface area contributed by atoms with E-state index in [0.717, 1.165) is 36.6 Å². The molecule has 7 heteroatoms. The Balaban J connectivity index is 1.50. The van der Waals surface area contributed by atoms with Crippen LogP contribution < -0.4 is 15.5 Å². The molecule has 1 atom stereocenters. The van der Waals surface area contributed by atoms with Crippen LogP contribution in [0.5, 0.6) is 0 Å². The lowest BCUT2D eigenvalue weighted by Gasteiger charge is -2.23. The topological polar surface area (TPSA) is 75.1 Å². The van der Waals surface area contributed by atoms with Crippen LogP contribution >= 0.6 is 0 Å². The lowest BCUT2D eigenvalue weighted by molar-refractivity contribution is 0.243. The summed E-state index contributed by atoms with van der Waals surface area (Å²) < 4.78 is 1.86. The molecule has 0 aliphatic carbocycles. The zero-order valence-electron chi connectivity index (χ0n) is 14.9. The number of urea groups is 1. The number of aromatic nitrogens is 3. The number of fused-ring (bicyclic) bond motifs is 1. The van der Waals surface area contributed by atoms with E-state index in [1.165, 1.54) is 12.8 Å². The van der Waals surface area contributed by atoms with E-state index >= 15 is 0 Å². The maximum Gasteiger partial charge on any atom is 0.319 e. The summed E-state index contributed by atoms with van der Waals surface area (Å²) in [5, 5.41) is 10.1. The molecule has 1 unspecified atom stereocenters. The van der Waals surface area contributed by atoms with Gasteiger partial charge in [-0.3, -0.25) is 0 Å². The third-order valence-corrected chi connectivity index (χ3v) is 4.55. The summed E-state index contributed by atoms with van der Waals surface area (Å²) >= 11 is 0. The fourth-order valence-electron chi connectivity index (χ4n) is 3.03. The van der Waals surface area contributed by atoms with Crippen molar-refractivity contribution in [3.05, 3.63) is 36.4 Å². The Morgan fingerprint density at radius 2 is 2.16 bits per heavy atom. The Hall–Kier alpha value is -2.57. The van der Waals surface area contributed by atoms with Gasteiger partial charge in [0, 0.05) is 31.4 Å². The molecule has 25 heavy (non-hydrogen) atoms. The number of hydrogen-bond donors (Lipinski definition) is 2. The zero-order valence-corrected chi connectivity index (χ0v) is 14.9. The zero-order chi connectivity index (χ0) is 17.6. The molecule has 2 aromatic rings. The van der Waals surface area contributed by atoms with Crippen LogP contribution in [0, 0.1) is 0 Å². The minimum Gasteiger partial charge on any atom is -0.375 e. The van der Waals surface area contributed by atoms with E-state index in [-0.39, 0.29) is 12.1 Å². The second-order valence-electron chi connectivity index (χ2n) is 6.51. The molecular formula is C18H26N6O. The van der Waals surface area contributed by atoms with Crippen molar-refractivity contribution in [2.75, 3.05) is 23.8 Å². The van der Waals surface area contributed by atoms with Gasteiger partial charge in [0.1, 0.15) is 12.2 Å². The Morgan fingerprint density at radius 1 is 1.36 bits per heavy atom. The largest absolute Gasteiger partial charge is 0.375 e. The summed E-state index contributed by atoms with van der Waals surface area (Å²) in [6.07, 6.45) is 5.64. The molecule has 1 aromatic heterocycles. The minimum atomic E-state index is -0.180. The monoisotopic (exact) mass is 342 g/mol. The van der Waals surface area contributed by atoms with E-state index < -0.39 is 0 Å². The van der Waals surface area contributed by atoms with Crippen LogP contribution in [0.15, 0.2) is 30.6 Å². The third-order valence-electron chi connectivity index (χ3n) is 4.55. The van der Waals surface area contributed by atoms with Crippen LogP contribution in [-0.2, 0) is 13.0 Å². The quantitative estimate of drug-likeness (QED) is 0.846. The van der Waals surface area contributed by atoms with E-state index in [0.29, 0.717) is 6.54 Å². The molecule has 1 aromatic carbocycles. The Bertz CT molecular complexity index is 696. The molecule has 1 aliphatic rings. The molecule has 3 rings (SSSR count). The molecule has 0 saturated heterocycles. The minimum absolute atomic E-state index is 0.0775. The van der Waals surface area contributed by atoms with Crippen LogP contribution in [-0.4, -0.2) is 40.4 Å². The van der Waals surface area contributed by atoms with Crippen molar-refractivity contribution >= 4 is 17.4 Å². The SMILES string of the molecule is CCCCN(C)c1ccc(NC(=O)NC2CCc3ncnn3C2)cc1. The third kappa shape index (κ3) is 4.49. The van der Waals surface area contributed by atoms with Crippen molar-refractivity contribution in [1.29, 1.82) is 0 Å². The van der Waals surface area contributed by atoms with Crippen LogP contribution in [0.1, 0.15) is 32.0 Å². The van der Waals surface area contributed by atoms with E-state index in [1.807, 2.05) is 28.9 Å². The van der Waals surface area contributed by atoms with E-state index in [4.69, 9.17) is 0 Å². The molecule has 2 N–H and O–H groups in total. The highest BCUT2D eigenvalue weighted by Gasteiger charge is 2.21. The van der Waals surface area contributed by atoms with Crippen molar-refractivity contribution in [2.45, 2.75) is 45.2 Å². The van der Waals surface area contributed by atoms with Gasteiger partial charge in [-0.05, 0) is 37.1 Å². The van der Waals surface area contributed by atoms with Crippen molar-refractivity contribution in [2.24, 2.45) is 0 Å². The molecule has 0 fully saturated rings. The Labute approximate surface area is 148 Å². The second kappa shape index (κ2) is 8.00. The van der Waals surface area contributed by atoms with Gasteiger partial charge in [-0.1, -0.05) is 13.3 Å². The predicted molar refractivity (Wildman–Crippen MR) is 98.9 cm³/mol. The van der Waals surface area contributed by atoms with Gasteiger partial charge >= 0.3 is 6.03 Å². The number of rotatable bonds is 6. The number of nitrogens with zero attached hydrogens (tertiary/aromatic N) is 4. The van der Waals surface area contributed by atoms with Crippen LogP contribution in [0.3, 0.4) is 0 Å². The van der Waals surface area contributed by atoms with Gasteiger partial charge in [0.15, 0.2) is 0 Å². The number of amides is 2. The smallest absolute Gasteiger partial charge is 0.319 e. The first-order chi connectivity index (χ1) is 12.2. The number of hydrogen-bond acceptors (Lipinski definition) is 4. The summed E-state index contributed by atoms with van der Waals surface area (Å²) in [7, 11) is 2.09. The maximum atomic E-state index is 12.2. The first-order valence-electron chi connectivity index (χ1n) is 8.91. The summed E-state index contributed by atoms with van der Waals surface area (Å²) in [4.78, 5) is 18.6. The summed E-state index contributed by atoms with van der Waals surface area (Å²) in [5.41, 5.74) is 1.95. The Morgan fingerprint density at radius 3 is 2.92 bits per heavy atom. The van der Waals surface area contributed by atoms with Crippen molar-refractivity contribution < 1.29 is 4.79 Å². The molecule has 0 bridgehead atoms. The average molecular weight is 342 g/mol. The standard InChI is InChI=1S/C18H26N6O/c1-3-4-11-23(2)16-8-5-14(6-9-16)21-18(25)22-15-7-10-17-19-13-20-24(17)12-15/h5-6,8-9,13,15H,3-4,7,10-12H2,1-2H3,(H2,21,22,25).